The van der Waals surface area contributed by atoms with E-state index in [9.17, 15) is 13.2 Å². The highest BCUT2D eigenvalue weighted by Gasteiger charge is 2.51. The number of allylic oxidation sites excluding steroid dienone is 4. The van der Waals surface area contributed by atoms with Crippen molar-refractivity contribution in [3.05, 3.63) is 54.1 Å². The van der Waals surface area contributed by atoms with Gasteiger partial charge in [0.05, 0.1) is 0 Å². The smallest absolute Gasteiger partial charge is 0.169 e. The Labute approximate surface area is 102 Å². The average Bonchev–Trinajstić information content (AvgIpc) is 2.30. The Hall–Kier alpha value is -1.22. The van der Waals surface area contributed by atoms with Crippen LogP contribution >= 0.6 is 11.6 Å². The van der Waals surface area contributed by atoms with Gasteiger partial charge in [-0.05, 0) is 17.6 Å². The molecule has 0 radical (unpaired) electrons. The molecule has 0 bridgehead atoms. The first-order valence-corrected chi connectivity index (χ1v) is 5.51. The van der Waals surface area contributed by atoms with Gasteiger partial charge in [0.25, 0.3) is 0 Å². The second kappa shape index (κ2) is 4.22. The zero-order valence-corrected chi connectivity index (χ0v) is 9.59. The molecule has 1 aliphatic rings. The van der Waals surface area contributed by atoms with Crippen LogP contribution in [0, 0.1) is 0 Å². The van der Waals surface area contributed by atoms with Crippen molar-refractivity contribution in [2.75, 3.05) is 0 Å². The highest BCUT2D eigenvalue weighted by molar-refractivity contribution is 6.26. The number of alkyl halides is 4. The summed E-state index contributed by atoms with van der Waals surface area (Å²) in [6, 6.07) is 9.25. The Morgan fingerprint density at radius 2 is 1.76 bits per heavy atom. The van der Waals surface area contributed by atoms with E-state index >= 15 is 0 Å². The minimum absolute atomic E-state index is 0.237. The van der Waals surface area contributed by atoms with Gasteiger partial charge < -0.3 is 0 Å². The number of hydrogen-bond donors (Lipinski definition) is 0. The van der Waals surface area contributed by atoms with Crippen LogP contribution in [0.1, 0.15) is 12.0 Å². The lowest BCUT2D eigenvalue weighted by Gasteiger charge is -2.28. The largest absolute Gasteiger partial charge is 0.411 e. The van der Waals surface area contributed by atoms with E-state index in [1.54, 1.807) is 0 Å². The van der Waals surface area contributed by atoms with Crippen LogP contribution in [0.3, 0.4) is 0 Å². The molecule has 0 fully saturated rings. The number of rotatable bonds is 1. The van der Waals surface area contributed by atoms with Crippen molar-refractivity contribution in [1.29, 1.82) is 0 Å². The molecule has 2 rings (SSSR count). The molecule has 0 saturated carbocycles. The van der Waals surface area contributed by atoms with Gasteiger partial charge in [-0.15, -0.1) is 11.6 Å². The minimum atomic E-state index is -4.43. The van der Waals surface area contributed by atoms with Crippen LogP contribution < -0.4 is 0 Å². The summed E-state index contributed by atoms with van der Waals surface area (Å²) in [4.78, 5) is -2.26. The fraction of sp³-hybridized carbons (Fsp3) is 0.231. The summed E-state index contributed by atoms with van der Waals surface area (Å²) in [5.74, 6) is 0. The third-order valence-electron chi connectivity index (χ3n) is 2.72. The highest BCUT2D eigenvalue weighted by Crippen LogP contribution is 2.43. The monoisotopic (exact) mass is 258 g/mol. The molecule has 0 aliphatic heterocycles. The quantitative estimate of drug-likeness (QED) is 0.647. The van der Waals surface area contributed by atoms with Crippen molar-refractivity contribution >= 4 is 17.2 Å². The Morgan fingerprint density at radius 3 is 2.24 bits per heavy atom. The molecule has 90 valence electrons. The third-order valence-corrected chi connectivity index (χ3v) is 3.22. The topological polar surface area (TPSA) is 0 Å². The van der Waals surface area contributed by atoms with Gasteiger partial charge in [-0.25, -0.2) is 0 Å². The molecule has 0 amide bonds. The van der Waals surface area contributed by atoms with Crippen molar-refractivity contribution in [2.45, 2.75) is 17.5 Å². The van der Waals surface area contributed by atoms with Gasteiger partial charge in [-0.3, -0.25) is 0 Å². The second-order valence-corrected chi connectivity index (χ2v) is 4.60. The fourth-order valence-electron chi connectivity index (χ4n) is 1.67. The maximum absolute atomic E-state index is 12.6. The molecular weight excluding hydrogens is 249 g/mol. The maximum atomic E-state index is 12.6. The van der Waals surface area contributed by atoms with Gasteiger partial charge in [0.2, 0.25) is 0 Å². The van der Waals surface area contributed by atoms with Gasteiger partial charge in [0, 0.05) is 0 Å². The Morgan fingerprint density at radius 1 is 1.12 bits per heavy atom. The summed E-state index contributed by atoms with van der Waals surface area (Å²) in [6.07, 6.45) is -0.686. The van der Waals surface area contributed by atoms with Crippen molar-refractivity contribution in [3.8, 4) is 0 Å². The predicted octanol–water partition coefficient (Wildman–Crippen LogP) is 4.57. The second-order valence-electron chi connectivity index (χ2n) is 3.92. The summed E-state index contributed by atoms with van der Waals surface area (Å²) in [7, 11) is 0. The van der Waals surface area contributed by atoms with E-state index in [1.807, 2.05) is 30.3 Å². The number of benzene rings is 1. The lowest BCUT2D eigenvalue weighted by Crippen LogP contribution is -2.38. The molecule has 1 aromatic rings. The van der Waals surface area contributed by atoms with Crippen LogP contribution in [0.2, 0.25) is 0 Å². The van der Waals surface area contributed by atoms with Crippen LogP contribution in [0.5, 0.6) is 0 Å². The molecule has 1 atom stereocenters. The minimum Gasteiger partial charge on any atom is -0.169 e. The summed E-state index contributed by atoms with van der Waals surface area (Å²) in [6.45, 7) is 0. The van der Waals surface area contributed by atoms with Crippen molar-refractivity contribution in [1.82, 2.24) is 0 Å². The molecule has 0 saturated heterocycles. The van der Waals surface area contributed by atoms with Gasteiger partial charge in [-0.2, -0.15) is 13.2 Å². The molecule has 1 unspecified atom stereocenters. The van der Waals surface area contributed by atoms with Crippen molar-refractivity contribution in [2.24, 2.45) is 0 Å². The van der Waals surface area contributed by atoms with Crippen LogP contribution in [0.4, 0.5) is 13.2 Å². The van der Waals surface area contributed by atoms with E-state index < -0.39 is 11.1 Å². The van der Waals surface area contributed by atoms with E-state index in [4.69, 9.17) is 11.6 Å². The Kier molecular flexibility index (Phi) is 3.04. The first-order chi connectivity index (χ1) is 7.92. The zero-order chi connectivity index (χ0) is 12.5. The average molecular weight is 259 g/mol. The standard InChI is InChI=1S/C13H10ClF3/c14-12(13(15,16)17)8-6-11(7-9-12)10-4-2-1-3-5-10/h1-8H,9H2. The number of hydrogen-bond acceptors (Lipinski definition) is 0. The SMILES string of the molecule is FC(F)(F)C1(Cl)C=CC(c2ccccc2)=CC1. The van der Waals surface area contributed by atoms with Gasteiger partial charge in [0.15, 0.2) is 4.87 Å². The van der Waals surface area contributed by atoms with E-state index in [2.05, 4.69) is 0 Å². The van der Waals surface area contributed by atoms with Crippen LogP contribution in [0.15, 0.2) is 48.6 Å². The van der Waals surface area contributed by atoms with Gasteiger partial charge in [0.1, 0.15) is 0 Å². The lowest BCUT2D eigenvalue weighted by atomic mass is 9.92. The molecular formula is C13H10ClF3. The predicted molar refractivity (Wildman–Crippen MR) is 62.8 cm³/mol. The third kappa shape index (κ3) is 2.39. The molecule has 4 heteroatoms. The summed E-state index contributed by atoms with van der Waals surface area (Å²) in [5, 5.41) is 0. The molecule has 1 aliphatic carbocycles. The molecule has 0 nitrogen and oxygen atoms in total. The summed E-state index contributed by atoms with van der Waals surface area (Å²) < 4.78 is 37.9. The van der Waals surface area contributed by atoms with Gasteiger partial charge >= 0.3 is 6.18 Å². The summed E-state index contributed by atoms with van der Waals surface area (Å²) >= 11 is 5.55. The Bertz CT molecular complexity index is 459. The molecule has 17 heavy (non-hydrogen) atoms. The normalized spacial score (nSPS) is 24.6. The van der Waals surface area contributed by atoms with Crippen molar-refractivity contribution < 1.29 is 13.2 Å². The zero-order valence-electron chi connectivity index (χ0n) is 8.84. The number of halogens is 4. The van der Waals surface area contributed by atoms with E-state index in [0.29, 0.717) is 0 Å². The molecule has 1 aromatic carbocycles. The van der Waals surface area contributed by atoms with Crippen molar-refractivity contribution in [3.63, 3.8) is 0 Å². The molecule has 0 heterocycles. The fourth-order valence-corrected chi connectivity index (χ4v) is 1.81. The van der Waals surface area contributed by atoms with Gasteiger partial charge in [-0.1, -0.05) is 48.6 Å². The van der Waals surface area contributed by atoms with Crippen LogP contribution in [-0.2, 0) is 0 Å². The first kappa shape index (κ1) is 12.2. The first-order valence-electron chi connectivity index (χ1n) is 5.13. The van der Waals surface area contributed by atoms with E-state index in [0.717, 1.165) is 17.2 Å². The molecule has 0 N–H and O–H groups in total. The Balaban J connectivity index is 2.23. The maximum Gasteiger partial charge on any atom is 0.411 e. The lowest BCUT2D eigenvalue weighted by molar-refractivity contribution is -0.149. The highest BCUT2D eigenvalue weighted by atomic mass is 35.5. The molecule has 0 spiro atoms. The van der Waals surface area contributed by atoms with Crippen LogP contribution in [0.25, 0.3) is 5.57 Å². The van der Waals surface area contributed by atoms with E-state index in [-0.39, 0.29) is 6.42 Å². The molecule has 0 aromatic heterocycles. The van der Waals surface area contributed by atoms with Crippen LogP contribution in [-0.4, -0.2) is 11.1 Å². The summed E-state index contributed by atoms with van der Waals surface area (Å²) in [5.41, 5.74) is 1.66. The van der Waals surface area contributed by atoms with E-state index in [1.165, 1.54) is 12.2 Å².